The lowest BCUT2D eigenvalue weighted by molar-refractivity contribution is 0.178. The second-order valence-electron chi connectivity index (χ2n) is 5.05. The summed E-state index contributed by atoms with van der Waals surface area (Å²) in [4.78, 5) is 4.27. The summed E-state index contributed by atoms with van der Waals surface area (Å²) in [7, 11) is 1.66. The van der Waals surface area contributed by atoms with Crippen LogP contribution >= 0.6 is 0 Å². The Morgan fingerprint density at radius 1 is 1.44 bits per heavy atom. The molecule has 1 saturated heterocycles. The van der Waals surface area contributed by atoms with Gasteiger partial charge in [0.1, 0.15) is 0 Å². The second kappa shape index (κ2) is 3.74. The van der Waals surface area contributed by atoms with Crippen molar-refractivity contribution in [2.75, 3.05) is 13.7 Å². The van der Waals surface area contributed by atoms with Gasteiger partial charge >= 0.3 is 0 Å². The third kappa shape index (κ3) is 1.59. The number of ether oxygens (including phenoxy) is 1. The molecule has 1 spiro atoms. The van der Waals surface area contributed by atoms with Crippen LogP contribution in [0.5, 0.6) is 5.88 Å². The van der Waals surface area contributed by atoms with Crippen molar-refractivity contribution < 1.29 is 4.74 Å². The number of nitrogens with zero attached hydrogens (tertiary/aromatic N) is 1. The fraction of sp³-hybridized carbons (Fsp3) is 0.615. The Hall–Kier alpha value is -1.09. The van der Waals surface area contributed by atoms with E-state index in [4.69, 9.17) is 4.74 Å². The predicted molar refractivity (Wildman–Crippen MR) is 62.7 cm³/mol. The second-order valence-corrected chi connectivity index (χ2v) is 5.05. The number of nitrogens with one attached hydrogen (secondary N) is 1. The number of hydrogen-bond acceptors (Lipinski definition) is 3. The number of pyridine rings is 1. The molecule has 1 aliphatic carbocycles. The first kappa shape index (κ1) is 10.1. The average molecular weight is 218 g/mol. The lowest BCUT2D eigenvalue weighted by atomic mass is 9.65. The van der Waals surface area contributed by atoms with Gasteiger partial charge in [0.15, 0.2) is 0 Å². The van der Waals surface area contributed by atoms with E-state index in [0.717, 1.165) is 0 Å². The molecule has 0 atom stereocenters. The summed E-state index contributed by atoms with van der Waals surface area (Å²) in [6.07, 6.45) is 7.22. The van der Waals surface area contributed by atoms with E-state index in [1.165, 1.54) is 37.8 Å². The third-order valence-corrected chi connectivity index (χ3v) is 4.05. The van der Waals surface area contributed by atoms with Crippen molar-refractivity contribution in [2.24, 2.45) is 0 Å². The molecule has 0 unspecified atom stereocenters. The SMILES string of the molecule is COc1ccc(C2CC3(CCCN3)C2)cn1. The molecule has 3 rings (SSSR count). The summed E-state index contributed by atoms with van der Waals surface area (Å²) in [5, 5.41) is 3.65. The smallest absolute Gasteiger partial charge is 0.212 e. The monoisotopic (exact) mass is 218 g/mol. The van der Waals surface area contributed by atoms with Crippen LogP contribution in [0.25, 0.3) is 0 Å². The lowest BCUT2D eigenvalue weighted by Crippen LogP contribution is -2.50. The van der Waals surface area contributed by atoms with Crippen LogP contribution in [0.15, 0.2) is 18.3 Å². The van der Waals surface area contributed by atoms with Crippen LogP contribution in [-0.4, -0.2) is 24.2 Å². The molecule has 2 heterocycles. The Kier molecular flexibility index (Phi) is 2.36. The maximum Gasteiger partial charge on any atom is 0.212 e. The minimum atomic E-state index is 0.477. The summed E-state index contributed by atoms with van der Waals surface area (Å²) in [5.41, 5.74) is 1.84. The predicted octanol–water partition coefficient (Wildman–Crippen LogP) is 2.09. The molecule has 1 aliphatic heterocycles. The van der Waals surface area contributed by atoms with Crippen LogP contribution in [0.3, 0.4) is 0 Å². The Labute approximate surface area is 96.2 Å². The van der Waals surface area contributed by atoms with Crippen LogP contribution in [0.1, 0.15) is 37.2 Å². The molecule has 3 heteroatoms. The minimum absolute atomic E-state index is 0.477. The zero-order valence-electron chi connectivity index (χ0n) is 9.70. The largest absolute Gasteiger partial charge is 0.481 e. The van der Waals surface area contributed by atoms with Crippen LogP contribution < -0.4 is 10.1 Å². The topological polar surface area (TPSA) is 34.1 Å². The molecule has 0 bridgehead atoms. The molecule has 0 amide bonds. The fourth-order valence-corrected chi connectivity index (χ4v) is 3.09. The number of hydrogen-bond donors (Lipinski definition) is 1. The number of aromatic nitrogens is 1. The summed E-state index contributed by atoms with van der Waals surface area (Å²) in [5.74, 6) is 1.40. The van der Waals surface area contributed by atoms with Gasteiger partial charge in [0, 0.05) is 17.8 Å². The first-order valence-corrected chi connectivity index (χ1v) is 6.06. The highest BCUT2D eigenvalue weighted by Crippen LogP contribution is 2.48. The molecular weight excluding hydrogens is 200 g/mol. The molecule has 0 aromatic carbocycles. The van der Waals surface area contributed by atoms with Crippen molar-refractivity contribution in [3.05, 3.63) is 23.9 Å². The van der Waals surface area contributed by atoms with Crippen molar-refractivity contribution in [1.29, 1.82) is 0 Å². The average Bonchev–Trinajstić information content (AvgIpc) is 2.76. The molecule has 1 saturated carbocycles. The van der Waals surface area contributed by atoms with Gasteiger partial charge in [-0.3, -0.25) is 0 Å². The van der Waals surface area contributed by atoms with Gasteiger partial charge in [-0.05, 0) is 43.7 Å². The fourth-order valence-electron chi connectivity index (χ4n) is 3.09. The Balaban J connectivity index is 1.66. The van der Waals surface area contributed by atoms with Gasteiger partial charge in [0.25, 0.3) is 0 Å². The highest BCUT2D eigenvalue weighted by molar-refractivity contribution is 5.26. The molecule has 86 valence electrons. The van der Waals surface area contributed by atoms with Gasteiger partial charge < -0.3 is 10.1 Å². The van der Waals surface area contributed by atoms with Crippen LogP contribution in [0, 0.1) is 0 Å². The van der Waals surface area contributed by atoms with Crippen molar-refractivity contribution >= 4 is 0 Å². The molecule has 0 radical (unpaired) electrons. The maximum atomic E-state index is 5.07. The van der Waals surface area contributed by atoms with E-state index in [1.54, 1.807) is 7.11 Å². The van der Waals surface area contributed by atoms with Gasteiger partial charge in [0.05, 0.1) is 7.11 Å². The van der Waals surface area contributed by atoms with Gasteiger partial charge in [-0.1, -0.05) is 6.07 Å². The molecule has 3 nitrogen and oxygen atoms in total. The summed E-state index contributed by atoms with van der Waals surface area (Å²) in [6, 6.07) is 4.11. The quantitative estimate of drug-likeness (QED) is 0.825. The Morgan fingerprint density at radius 3 is 2.88 bits per heavy atom. The third-order valence-electron chi connectivity index (χ3n) is 4.05. The van der Waals surface area contributed by atoms with E-state index in [9.17, 15) is 0 Å². The summed E-state index contributed by atoms with van der Waals surface area (Å²) >= 11 is 0. The molecule has 2 aliphatic rings. The van der Waals surface area contributed by atoms with Crippen LogP contribution in [0.2, 0.25) is 0 Å². The van der Waals surface area contributed by atoms with E-state index in [1.807, 2.05) is 12.3 Å². The van der Waals surface area contributed by atoms with E-state index < -0.39 is 0 Å². The van der Waals surface area contributed by atoms with Crippen LogP contribution in [0.4, 0.5) is 0 Å². The lowest BCUT2D eigenvalue weighted by Gasteiger charge is -2.45. The maximum absolute atomic E-state index is 5.07. The number of rotatable bonds is 2. The van der Waals surface area contributed by atoms with Gasteiger partial charge in [-0.2, -0.15) is 0 Å². The minimum Gasteiger partial charge on any atom is -0.481 e. The Bertz CT molecular complexity index is 360. The van der Waals surface area contributed by atoms with Gasteiger partial charge in [-0.15, -0.1) is 0 Å². The number of methoxy groups -OCH3 is 1. The van der Waals surface area contributed by atoms with Crippen molar-refractivity contribution in [3.63, 3.8) is 0 Å². The standard InChI is InChI=1S/C13H18N2O/c1-16-12-4-3-10(9-14-12)11-7-13(8-11)5-2-6-15-13/h3-4,9,11,15H,2,5-8H2,1H3. The molecule has 16 heavy (non-hydrogen) atoms. The van der Waals surface area contributed by atoms with Gasteiger partial charge in [-0.25, -0.2) is 4.98 Å². The van der Waals surface area contributed by atoms with Crippen molar-refractivity contribution in [2.45, 2.75) is 37.1 Å². The zero-order valence-corrected chi connectivity index (χ0v) is 9.70. The first-order chi connectivity index (χ1) is 7.81. The molecule has 1 N–H and O–H groups in total. The zero-order chi connectivity index (χ0) is 11.0. The van der Waals surface area contributed by atoms with E-state index >= 15 is 0 Å². The van der Waals surface area contributed by atoms with E-state index in [-0.39, 0.29) is 0 Å². The summed E-state index contributed by atoms with van der Waals surface area (Å²) < 4.78 is 5.07. The highest BCUT2D eigenvalue weighted by atomic mass is 16.5. The van der Waals surface area contributed by atoms with Crippen molar-refractivity contribution in [1.82, 2.24) is 10.3 Å². The molecular formula is C13H18N2O. The van der Waals surface area contributed by atoms with Crippen LogP contribution in [-0.2, 0) is 0 Å². The molecule has 2 fully saturated rings. The first-order valence-electron chi connectivity index (χ1n) is 6.06. The van der Waals surface area contributed by atoms with E-state index in [2.05, 4.69) is 16.4 Å². The molecule has 1 aromatic rings. The Morgan fingerprint density at radius 2 is 2.31 bits per heavy atom. The normalized spacial score (nSPS) is 32.7. The van der Waals surface area contributed by atoms with Gasteiger partial charge in [0.2, 0.25) is 5.88 Å². The van der Waals surface area contributed by atoms with Crippen molar-refractivity contribution in [3.8, 4) is 5.88 Å². The highest BCUT2D eigenvalue weighted by Gasteiger charge is 2.46. The molecule has 1 aromatic heterocycles. The summed E-state index contributed by atoms with van der Waals surface area (Å²) in [6.45, 7) is 1.20. The van der Waals surface area contributed by atoms with E-state index in [0.29, 0.717) is 17.3 Å².